The fourth-order valence-corrected chi connectivity index (χ4v) is 3.53. The zero-order valence-electron chi connectivity index (χ0n) is 15.2. The van der Waals surface area contributed by atoms with Crippen molar-refractivity contribution in [3.05, 3.63) is 47.7 Å². The average Bonchev–Trinajstić information content (AvgIpc) is 2.68. The Bertz CT molecular complexity index is 798. The molecule has 1 saturated heterocycles. The maximum absolute atomic E-state index is 12.6. The van der Waals surface area contributed by atoms with Gasteiger partial charge in [0.05, 0.1) is 5.92 Å². The van der Waals surface area contributed by atoms with Crippen LogP contribution in [0, 0.1) is 0 Å². The van der Waals surface area contributed by atoms with Gasteiger partial charge in [0.25, 0.3) is 0 Å². The minimum Gasteiger partial charge on any atom is -0.426 e. The first kappa shape index (κ1) is 16.8. The number of carbonyl (C=O) groups is 1. The van der Waals surface area contributed by atoms with E-state index in [2.05, 4.69) is 27.3 Å². The van der Waals surface area contributed by atoms with E-state index in [0.717, 1.165) is 48.8 Å². The Morgan fingerprint density at radius 2 is 2.00 bits per heavy atom. The van der Waals surface area contributed by atoms with Gasteiger partial charge in [-0.05, 0) is 29.7 Å². The molecule has 6 nitrogen and oxygen atoms in total. The van der Waals surface area contributed by atoms with E-state index in [1.165, 1.54) is 0 Å². The second kappa shape index (κ2) is 6.96. The summed E-state index contributed by atoms with van der Waals surface area (Å²) in [5.74, 6) is 1.07. The average molecular weight is 352 g/mol. The molecule has 1 N–H and O–H groups in total. The lowest BCUT2D eigenvalue weighted by Crippen LogP contribution is -2.43. The first-order chi connectivity index (χ1) is 12.6. The highest BCUT2D eigenvalue weighted by atomic mass is 16.5. The number of esters is 1. The van der Waals surface area contributed by atoms with Gasteiger partial charge < -0.3 is 19.9 Å². The van der Waals surface area contributed by atoms with Crippen LogP contribution in [0.15, 0.2) is 36.5 Å². The van der Waals surface area contributed by atoms with Crippen LogP contribution in [-0.2, 0) is 11.2 Å². The van der Waals surface area contributed by atoms with Crippen molar-refractivity contribution in [2.24, 2.45) is 0 Å². The Kier molecular flexibility index (Phi) is 4.51. The predicted octanol–water partition coefficient (Wildman–Crippen LogP) is 1.80. The highest BCUT2D eigenvalue weighted by Gasteiger charge is 2.30. The van der Waals surface area contributed by atoms with Gasteiger partial charge in [-0.1, -0.05) is 12.1 Å². The van der Waals surface area contributed by atoms with Gasteiger partial charge in [0, 0.05) is 58.2 Å². The van der Waals surface area contributed by atoms with Crippen LogP contribution in [0.25, 0.3) is 0 Å². The van der Waals surface area contributed by atoms with E-state index in [9.17, 15) is 4.79 Å². The van der Waals surface area contributed by atoms with E-state index in [-0.39, 0.29) is 11.9 Å². The van der Waals surface area contributed by atoms with Crippen molar-refractivity contribution in [3.8, 4) is 5.75 Å². The Morgan fingerprint density at radius 1 is 1.19 bits per heavy atom. The fourth-order valence-electron chi connectivity index (χ4n) is 3.53. The van der Waals surface area contributed by atoms with Crippen LogP contribution in [0.5, 0.6) is 5.75 Å². The van der Waals surface area contributed by atoms with Gasteiger partial charge in [-0.3, -0.25) is 4.79 Å². The first-order valence-electron chi connectivity index (χ1n) is 9.05. The summed E-state index contributed by atoms with van der Waals surface area (Å²) in [5.41, 5.74) is 3.09. The largest absolute Gasteiger partial charge is 0.426 e. The number of benzene rings is 1. The molecule has 0 bridgehead atoms. The second-order valence-electron chi connectivity index (χ2n) is 7.05. The van der Waals surface area contributed by atoms with Crippen molar-refractivity contribution in [3.63, 3.8) is 0 Å². The van der Waals surface area contributed by atoms with Crippen molar-refractivity contribution in [2.45, 2.75) is 12.3 Å². The van der Waals surface area contributed by atoms with E-state index in [4.69, 9.17) is 4.74 Å². The summed E-state index contributed by atoms with van der Waals surface area (Å²) in [6, 6.07) is 10.1. The molecule has 6 heteroatoms. The highest BCUT2D eigenvalue weighted by molar-refractivity contribution is 5.83. The molecule has 26 heavy (non-hydrogen) atoms. The molecule has 1 fully saturated rings. The van der Waals surface area contributed by atoms with E-state index in [1.54, 1.807) is 6.20 Å². The number of nitrogens with zero attached hydrogens (tertiary/aromatic N) is 3. The summed E-state index contributed by atoms with van der Waals surface area (Å²) >= 11 is 0. The number of carbonyl (C=O) groups excluding carboxylic acids is 1. The van der Waals surface area contributed by atoms with Gasteiger partial charge in [0.2, 0.25) is 0 Å². The maximum atomic E-state index is 12.6. The number of nitrogens with one attached hydrogen (secondary N) is 1. The molecule has 0 aliphatic carbocycles. The van der Waals surface area contributed by atoms with Crippen molar-refractivity contribution < 1.29 is 9.53 Å². The number of aromatic nitrogens is 1. The molecule has 1 aromatic heterocycles. The van der Waals surface area contributed by atoms with E-state index < -0.39 is 0 Å². The van der Waals surface area contributed by atoms with Crippen molar-refractivity contribution in [1.82, 2.24) is 10.3 Å². The van der Waals surface area contributed by atoms with Crippen LogP contribution in [0.2, 0.25) is 0 Å². The lowest BCUT2D eigenvalue weighted by atomic mass is 9.90. The third-order valence-electron chi connectivity index (χ3n) is 5.08. The zero-order valence-corrected chi connectivity index (χ0v) is 15.2. The smallest absolute Gasteiger partial charge is 0.319 e. The first-order valence-corrected chi connectivity index (χ1v) is 9.05. The lowest BCUT2D eigenvalue weighted by Gasteiger charge is -2.31. The molecule has 1 atom stereocenters. The number of piperazine rings is 1. The fraction of sp³-hybridized carbons (Fsp3) is 0.400. The Hall–Kier alpha value is -2.60. The number of fused-ring (bicyclic) bond motifs is 1. The quantitative estimate of drug-likeness (QED) is 0.672. The van der Waals surface area contributed by atoms with E-state index >= 15 is 0 Å². The van der Waals surface area contributed by atoms with Crippen LogP contribution >= 0.6 is 0 Å². The minimum absolute atomic E-state index is 0.200. The summed E-state index contributed by atoms with van der Waals surface area (Å²) < 4.78 is 5.69. The van der Waals surface area contributed by atoms with Crippen LogP contribution in [0.4, 0.5) is 11.5 Å². The van der Waals surface area contributed by atoms with E-state index in [1.807, 2.05) is 37.2 Å². The van der Waals surface area contributed by atoms with Crippen molar-refractivity contribution >= 4 is 17.5 Å². The molecule has 2 aliphatic rings. The molecule has 0 spiro atoms. The third kappa shape index (κ3) is 3.24. The summed E-state index contributed by atoms with van der Waals surface area (Å²) in [4.78, 5) is 21.3. The molecule has 4 rings (SSSR count). The molecule has 2 aromatic rings. The molecule has 2 aliphatic heterocycles. The normalized spacial score (nSPS) is 19.7. The van der Waals surface area contributed by atoms with Crippen LogP contribution in [0.3, 0.4) is 0 Å². The monoisotopic (exact) mass is 352 g/mol. The van der Waals surface area contributed by atoms with Crippen molar-refractivity contribution in [1.29, 1.82) is 0 Å². The maximum Gasteiger partial charge on any atom is 0.319 e. The zero-order chi connectivity index (χ0) is 18.1. The highest BCUT2D eigenvalue weighted by Crippen LogP contribution is 2.36. The molecule has 0 radical (unpaired) electrons. The predicted molar refractivity (Wildman–Crippen MR) is 102 cm³/mol. The number of rotatable bonds is 3. The molecule has 1 unspecified atom stereocenters. The third-order valence-corrected chi connectivity index (χ3v) is 5.08. The van der Waals surface area contributed by atoms with Crippen LogP contribution < -0.4 is 19.9 Å². The van der Waals surface area contributed by atoms with E-state index in [0.29, 0.717) is 12.2 Å². The Balaban J connectivity index is 1.55. The second-order valence-corrected chi connectivity index (χ2v) is 7.05. The van der Waals surface area contributed by atoms with Gasteiger partial charge in [-0.2, -0.15) is 0 Å². The molecule has 0 saturated carbocycles. The van der Waals surface area contributed by atoms with Gasteiger partial charge >= 0.3 is 5.97 Å². The SMILES string of the molecule is CN(C)c1ccc(C2Cc3ccc(N4CCNCC4)cc3OC2=O)cn1. The summed E-state index contributed by atoms with van der Waals surface area (Å²) in [6.45, 7) is 3.91. The van der Waals surface area contributed by atoms with Crippen LogP contribution in [-0.4, -0.2) is 51.2 Å². The number of anilines is 2. The number of hydrogen-bond acceptors (Lipinski definition) is 6. The number of ether oxygens (including phenoxy) is 1. The Morgan fingerprint density at radius 3 is 2.69 bits per heavy atom. The minimum atomic E-state index is -0.295. The molecular weight excluding hydrogens is 328 g/mol. The van der Waals surface area contributed by atoms with Gasteiger partial charge in [0.1, 0.15) is 11.6 Å². The molecule has 0 amide bonds. The molecule has 136 valence electrons. The van der Waals surface area contributed by atoms with Gasteiger partial charge in [-0.25, -0.2) is 4.98 Å². The molecule has 3 heterocycles. The molecular formula is C20H24N4O2. The summed E-state index contributed by atoms with van der Waals surface area (Å²) in [6.07, 6.45) is 2.43. The number of pyridine rings is 1. The van der Waals surface area contributed by atoms with Crippen molar-refractivity contribution in [2.75, 3.05) is 50.1 Å². The summed E-state index contributed by atoms with van der Waals surface area (Å²) in [5, 5.41) is 3.35. The standard InChI is InChI=1S/C20H24N4O2/c1-23(2)19-6-4-15(13-22-19)17-11-14-3-5-16(12-18(14)26-20(17)25)24-9-7-21-8-10-24/h3-6,12-13,17,21H,7-11H2,1-2H3. The molecule has 1 aromatic carbocycles. The van der Waals surface area contributed by atoms with Gasteiger partial charge in [0.15, 0.2) is 0 Å². The topological polar surface area (TPSA) is 57.7 Å². The Labute approximate surface area is 153 Å². The van der Waals surface area contributed by atoms with Gasteiger partial charge in [-0.15, -0.1) is 0 Å². The lowest BCUT2D eigenvalue weighted by molar-refractivity contribution is -0.137. The van der Waals surface area contributed by atoms with Crippen LogP contribution in [0.1, 0.15) is 17.0 Å². The summed E-state index contributed by atoms with van der Waals surface area (Å²) in [7, 11) is 3.90. The number of hydrogen-bond donors (Lipinski definition) is 1.